The molecule has 0 aromatic heterocycles. The van der Waals surface area contributed by atoms with E-state index < -0.39 is 0 Å². The Morgan fingerprint density at radius 1 is 0.944 bits per heavy atom. The maximum absolute atomic E-state index is 5.68. The van der Waals surface area contributed by atoms with Gasteiger partial charge in [-0.2, -0.15) is 0 Å². The summed E-state index contributed by atoms with van der Waals surface area (Å²) in [5.74, 6) is 1.59. The fourth-order valence-corrected chi connectivity index (χ4v) is 1.99. The third kappa shape index (κ3) is 2.31. The molecule has 0 saturated carbocycles. The van der Waals surface area contributed by atoms with Crippen LogP contribution in [0.15, 0.2) is 42.5 Å². The lowest BCUT2D eigenvalue weighted by atomic mass is 10.0. The lowest BCUT2D eigenvalue weighted by molar-refractivity contribution is 0.397. The highest BCUT2D eigenvalue weighted by atomic mass is 16.5. The highest BCUT2D eigenvalue weighted by Crippen LogP contribution is 2.38. The van der Waals surface area contributed by atoms with Crippen molar-refractivity contribution in [3.8, 4) is 22.6 Å². The van der Waals surface area contributed by atoms with E-state index in [1.807, 2.05) is 36.4 Å². The molecule has 0 saturated heterocycles. The number of methoxy groups -OCH3 is 2. The lowest BCUT2D eigenvalue weighted by Gasteiger charge is -2.13. The van der Waals surface area contributed by atoms with Crippen LogP contribution in [0.4, 0.5) is 0 Å². The number of rotatable bonds is 4. The van der Waals surface area contributed by atoms with Gasteiger partial charge < -0.3 is 15.2 Å². The molecule has 2 N–H and O–H groups in total. The first kappa shape index (κ1) is 12.5. The standard InChI is InChI=1S/C15H17NO2/c1-17-13-7-4-8-14(18-2)15(13)12-6-3-5-11(9-12)10-16/h3-9H,10,16H2,1-2H3. The van der Waals surface area contributed by atoms with Crippen molar-refractivity contribution >= 4 is 0 Å². The Kier molecular flexibility index (Phi) is 3.85. The van der Waals surface area contributed by atoms with Gasteiger partial charge in [0.05, 0.1) is 19.8 Å². The molecule has 0 bridgehead atoms. The summed E-state index contributed by atoms with van der Waals surface area (Å²) >= 11 is 0. The Hall–Kier alpha value is -2.00. The van der Waals surface area contributed by atoms with Crippen LogP contribution in [0.2, 0.25) is 0 Å². The molecule has 0 spiro atoms. The minimum absolute atomic E-state index is 0.519. The van der Waals surface area contributed by atoms with Crippen LogP contribution in [0.1, 0.15) is 5.56 Å². The van der Waals surface area contributed by atoms with Crippen LogP contribution in [-0.4, -0.2) is 14.2 Å². The minimum atomic E-state index is 0.519. The molecule has 94 valence electrons. The Labute approximate surface area is 107 Å². The van der Waals surface area contributed by atoms with Gasteiger partial charge in [-0.15, -0.1) is 0 Å². The molecule has 3 heteroatoms. The van der Waals surface area contributed by atoms with Gasteiger partial charge in [-0.3, -0.25) is 0 Å². The summed E-state index contributed by atoms with van der Waals surface area (Å²) in [7, 11) is 3.32. The Morgan fingerprint density at radius 3 is 2.11 bits per heavy atom. The highest BCUT2D eigenvalue weighted by molar-refractivity contribution is 5.77. The second-order valence-electron chi connectivity index (χ2n) is 3.94. The average molecular weight is 243 g/mol. The van der Waals surface area contributed by atoms with Crippen molar-refractivity contribution in [1.29, 1.82) is 0 Å². The van der Waals surface area contributed by atoms with Crippen molar-refractivity contribution < 1.29 is 9.47 Å². The minimum Gasteiger partial charge on any atom is -0.496 e. The van der Waals surface area contributed by atoms with Crippen LogP contribution in [0.5, 0.6) is 11.5 Å². The van der Waals surface area contributed by atoms with E-state index in [2.05, 4.69) is 6.07 Å². The lowest BCUT2D eigenvalue weighted by Crippen LogP contribution is -1.97. The normalized spacial score (nSPS) is 10.2. The summed E-state index contributed by atoms with van der Waals surface area (Å²) < 4.78 is 10.8. The second kappa shape index (κ2) is 5.56. The largest absolute Gasteiger partial charge is 0.496 e. The van der Waals surface area contributed by atoms with Gasteiger partial charge in [0.1, 0.15) is 11.5 Å². The average Bonchev–Trinajstić information content (AvgIpc) is 2.46. The summed E-state index contributed by atoms with van der Waals surface area (Å²) in [4.78, 5) is 0. The molecule has 18 heavy (non-hydrogen) atoms. The quantitative estimate of drug-likeness (QED) is 0.898. The van der Waals surface area contributed by atoms with Crippen molar-refractivity contribution in [1.82, 2.24) is 0 Å². The molecule has 2 rings (SSSR count). The first-order valence-corrected chi connectivity index (χ1v) is 5.80. The second-order valence-corrected chi connectivity index (χ2v) is 3.94. The van der Waals surface area contributed by atoms with Gasteiger partial charge in [-0.25, -0.2) is 0 Å². The number of hydrogen-bond acceptors (Lipinski definition) is 3. The van der Waals surface area contributed by atoms with E-state index in [4.69, 9.17) is 15.2 Å². The molecule has 3 nitrogen and oxygen atoms in total. The molecular weight excluding hydrogens is 226 g/mol. The zero-order chi connectivity index (χ0) is 13.0. The topological polar surface area (TPSA) is 44.5 Å². The molecule has 0 aliphatic carbocycles. The van der Waals surface area contributed by atoms with E-state index in [0.29, 0.717) is 6.54 Å². The maximum atomic E-state index is 5.68. The van der Waals surface area contributed by atoms with Crippen molar-refractivity contribution in [2.45, 2.75) is 6.54 Å². The summed E-state index contributed by atoms with van der Waals surface area (Å²) in [6.45, 7) is 0.519. The van der Waals surface area contributed by atoms with E-state index in [-0.39, 0.29) is 0 Å². The molecule has 2 aromatic carbocycles. The fourth-order valence-electron chi connectivity index (χ4n) is 1.99. The van der Waals surface area contributed by atoms with Gasteiger partial charge in [-0.05, 0) is 29.3 Å². The summed E-state index contributed by atoms with van der Waals surface area (Å²) in [5.41, 5.74) is 8.76. The molecule has 0 aliphatic rings. The van der Waals surface area contributed by atoms with Crippen LogP contribution in [0, 0.1) is 0 Å². The number of benzene rings is 2. The van der Waals surface area contributed by atoms with Gasteiger partial charge >= 0.3 is 0 Å². The summed E-state index contributed by atoms with van der Waals surface area (Å²) in [5, 5.41) is 0. The Morgan fingerprint density at radius 2 is 1.56 bits per heavy atom. The zero-order valence-electron chi connectivity index (χ0n) is 10.6. The van der Waals surface area contributed by atoms with Crippen LogP contribution in [-0.2, 0) is 6.54 Å². The fraction of sp³-hybridized carbons (Fsp3) is 0.200. The van der Waals surface area contributed by atoms with Crippen LogP contribution < -0.4 is 15.2 Å². The molecule has 2 aromatic rings. The third-order valence-corrected chi connectivity index (χ3v) is 2.88. The van der Waals surface area contributed by atoms with Gasteiger partial charge in [-0.1, -0.05) is 24.3 Å². The van der Waals surface area contributed by atoms with Crippen molar-refractivity contribution in [3.05, 3.63) is 48.0 Å². The zero-order valence-corrected chi connectivity index (χ0v) is 10.6. The van der Waals surface area contributed by atoms with E-state index in [9.17, 15) is 0 Å². The number of ether oxygens (including phenoxy) is 2. The van der Waals surface area contributed by atoms with Crippen LogP contribution >= 0.6 is 0 Å². The van der Waals surface area contributed by atoms with Crippen molar-refractivity contribution in [2.75, 3.05) is 14.2 Å². The van der Waals surface area contributed by atoms with E-state index in [1.54, 1.807) is 14.2 Å². The molecule has 0 atom stereocenters. The van der Waals surface area contributed by atoms with Gasteiger partial charge in [0.15, 0.2) is 0 Å². The summed E-state index contributed by atoms with van der Waals surface area (Å²) in [6.07, 6.45) is 0. The molecule has 0 aliphatic heterocycles. The summed E-state index contributed by atoms with van der Waals surface area (Å²) in [6, 6.07) is 13.8. The number of nitrogens with two attached hydrogens (primary N) is 1. The first-order chi connectivity index (χ1) is 8.80. The van der Waals surface area contributed by atoms with E-state index in [1.165, 1.54) is 0 Å². The molecule has 0 radical (unpaired) electrons. The Balaban J connectivity index is 2.60. The van der Waals surface area contributed by atoms with Crippen molar-refractivity contribution in [3.63, 3.8) is 0 Å². The predicted octanol–water partition coefficient (Wildman–Crippen LogP) is 2.83. The van der Waals surface area contributed by atoms with E-state index in [0.717, 1.165) is 28.2 Å². The van der Waals surface area contributed by atoms with Crippen molar-refractivity contribution in [2.24, 2.45) is 5.73 Å². The van der Waals surface area contributed by atoms with Gasteiger partial charge in [0, 0.05) is 6.54 Å². The Bertz CT molecular complexity index is 516. The molecule has 0 heterocycles. The predicted molar refractivity (Wildman–Crippen MR) is 72.9 cm³/mol. The van der Waals surface area contributed by atoms with Gasteiger partial charge in [0.2, 0.25) is 0 Å². The van der Waals surface area contributed by atoms with Crippen LogP contribution in [0.3, 0.4) is 0 Å². The third-order valence-electron chi connectivity index (χ3n) is 2.88. The number of hydrogen-bond donors (Lipinski definition) is 1. The van der Waals surface area contributed by atoms with Crippen LogP contribution in [0.25, 0.3) is 11.1 Å². The molecule has 0 fully saturated rings. The molecule has 0 unspecified atom stereocenters. The molecule has 0 amide bonds. The highest BCUT2D eigenvalue weighted by Gasteiger charge is 2.12. The van der Waals surface area contributed by atoms with E-state index >= 15 is 0 Å². The maximum Gasteiger partial charge on any atom is 0.130 e. The molecular formula is C15H17NO2. The smallest absolute Gasteiger partial charge is 0.130 e. The SMILES string of the molecule is COc1cccc(OC)c1-c1cccc(CN)c1. The first-order valence-electron chi connectivity index (χ1n) is 5.80. The van der Waals surface area contributed by atoms with Gasteiger partial charge in [0.25, 0.3) is 0 Å². The monoisotopic (exact) mass is 243 g/mol.